The van der Waals surface area contributed by atoms with Gasteiger partial charge in [0.15, 0.2) is 0 Å². The van der Waals surface area contributed by atoms with Crippen molar-refractivity contribution in [2.24, 2.45) is 0 Å². The normalized spacial score (nSPS) is 36.8. The number of rotatable bonds is 0. The minimum atomic E-state index is -0.380. The molecule has 4 heteroatoms. The number of aliphatic hydroxyl groups is 1. The lowest BCUT2D eigenvalue weighted by Gasteiger charge is -2.29. The summed E-state index contributed by atoms with van der Waals surface area (Å²) in [5.41, 5.74) is 0.945. The molecule has 1 N–H and O–H groups in total. The molecule has 1 atom stereocenters. The van der Waals surface area contributed by atoms with Gasteiger partial charge >= 0.3 is 0 Å². The van der Waals surface area contributed by atoms with Gasteiger partial charge in [-0.1, -0.05) is 22.6 Å². The largest absolute Gasteiger partial charge is 0.388 e. The molecule has 2 heterocycles. The molecule has 0 aromatic carbocycles. The first kappa shape index (κ1) is 10.6. The number of nitrogens with zero attached hydrogens (tertiary/aromatic N) is 1. The highest BCUT2D eigenvalue weighted by Gasteiger charge is 2.41. The Kier molecular flexibility index (Phi) is 3.28. The Morgan fingerprint density at radius 2 is 2.33 bits per heavy atom. The van der Waals surface area contributed by atoms with Crippen molar-refractivity contribution in [3.05, 3.63) is 9.78 Å². The van der Waals surface area contributed by atoms with E-state index in [0.29, 0.717) is 0 Å². The lowest BCUT2D eigenvalue weighted by Crippen LogP contribution is -2.38. The summed E-state index contributed by atoms with van der Waals surface area (Å²) in [6.07, 6.45) is 3.00. The Labute approximate surface area is 92.6 Å². The van der Waals surface area contributed by atoms with E-state index < -0.39 is 0 Å². The molecule has 2 rings (SSSR count). The molecule has 2 fully saturated rings. The molecule has 2 saturated heterocycles. The van der Waals surface area contributed by atoms with Crippen LogP contribution in [0.3, 0.4) is 0 Å². The van der Waals surface area contributed by atoms with E-state index in [-0.39, 0.29) is 18.0 Å². The molecule has 2 aliphatic heterocycles. The Morgan fingerprint density at radius 1 is 1.58 bits per heavy atom. The molecule has 0 aromatic heterocycles. The molecule has 2 aliphatic rings. The Morgan fingerprint density at radius 3 is 2.92 bits per heavy atom. The summed E-state index contributed by atoms with van der Waals surface area (Å²) < 4.78 is 2.10. The van der Waals surface area contributed by atoms with Gasteiger partial charge in [-0.25, -0.2) is 0 Å². The number of piperidine rings is 1. The van der Waals surface area contributed by atoms with Gasteiger partial charge in [0.2, 0.25) is 0 Å². The lowest BCUT2D eigenvalue weighted by molar-refractivity contribution is 0.0206. The van der Waals surface area contributed by atoms with E-state index >= 15 is 0 Å². The molecule has 0 saturated carbocycles. The standard InChI is InChI=1S/C8H12INO.ClH/c9-5-7-4-8(11)2-1-3-10(7)6-8;/h5,11H,1-4,6H2;1H/b7-5+;. The van der Waals surface area contributed by atoms with Crippen LogP contribution in [0, 0.1) is 0 Å². The summed E-state index contributed by atoms with van der Waals surface area (Å²) in [5.74, 6) is 0. The molecule has 2 bridgehead atoms. The number of hydrogen-bond acceptors (Lipinski definition) is 2. The number of halogens is 2. The van der Waals surface area contributed by atoms with Gasteiger partial charge in [0, 0.05) is 25.2 Å². The van der Waals surface area contributed by atoms with Crippen LogP contribution in [0.25, 0.3) is 0 Å². The molecular weight excluding hydrogens is 288 g/mol. The van der Waals surface area contributed by atoms with Gasteiger partial charge in [-0.2, -0.15) is 0 Å². The fraction of sp³-hybridized carbons (Fsp3) is 0.750. The van der Waals surface area contributed by atoms with Crippen LogP contribution < -0.4 is 0 Å². The van der Waals surface area contributed by atoms with E-state index in [1.54, 1.807) is 0 Å². The summed E-state index contributed by atoms with van der Waals surface area (Å²) in [6.45, 7) is 2.00. The summed E-state index contributed by atoms with van der Waals surface area (Å²) in [4.78, 5) is 2.30. The van der Waals surface area contributed by atoms with Crippen molar-refractivity contribution in [2.75, 3.05) is 13.1 Å². The SMILES string of the molecule is Cl.OC12CCCN(C1)/C(=C/I)C2. The van der Waals surface area contributed by atoms with Crippen molar-refractivity contribution in [3.8, 4) is 0 Å². The minimum absolute atomic E-state index is 0. The topological polar surface area (TPSA) is 23.5 Å². The second-order valence-electron chi connectivity index (χ2n) is 3.53. The maximum atomic E-state index is 9.94. The molecule has 70 valence electrons. The molecular formula is C8H13ClINO. The van der Waals surface area contributed by atoms with Crippen molar-refractivity contribution in [2.45, 2.75) is 24.9 Å². The molecule has 2 nitrogen and oxygen atoms in total. The predicted molar refractivity (Wildman–Crippen MR) is 59.7 cm³/mol. The average molecular weight is 302 g/mol. The zero-order chi connectivity index (χ0) is 7.90. The maximum absolute atomic E-state index is 9.94. The monoisotopic (exact) mass is 301 g/mol. The van der Waals surface area contributed by atoms with Gasteiger partial charge in [0.1, 0.15) is 0 Å². The van der Waals surface area contributed by atoms with Gasteiger partial charge < -0.3 is 10.0 Å². The van der Waals surface area contributed by atoms with Crippen LogP contribution in [0.15, 0.2) is 9.78 Å². The number of fused-ring (bicyclic) bond motifs is 2. The summed E-state index contributed by atoms with van der Waals surface area (Å²) in [5, 5.41) is 9.94. The van der Waals surface area contributed by atoms with Crippen molar-refractivity contribution in [3.63, 3.8) is 0 Å². The fourth-order valence-corrected chi connectivity index (χ4v) is 2.67. The van der Waals surface area contributed by atoms with E-state index in [1.807, 2.05) is 0 Å². The molecule has 0 radical (unpaired) electrons. The maximum Gasteiger partial charge on any atom is 0.0876 e. The highest BCUT2D eigenvalue weighted by Crippen LogP contribution is 2.37. The lowest BCUT2D eigenvalue weighted by atomic mass is 9.95. The van der Waals surface area contributed by atoms with Crippen molar-refractivity contribution in [1.29, 1.82) is 0 Å². The van der Waals surface area contributed by atoms with Crippen LogP contribution >= 0.6 is 35.0 Å². The van der Waals surface area contributed by atoms with Crippen LogP contribution in [0.5, 0.6) is 0 Å². The van der Waals surface area contributed by atoms with Gasteiger partial charge in [0.05, 0.1) is 5.60 Å². The predicted octanol–water partition coefficient (Wildman–Crippen LogP) is 1.92. The van der Waals surface area contributed by atoms with Gasteiger partial charge in [-0.15, -0.1) is 12.4 Å². The first-order chi connectivity index (χ1) is 5.23. The first-order valence-corrected chi connectivity index (χ1v) is 5.25. The van der Waals surface area contributed by atoms with Crippen molar-refractivity contribution >= 4 is 35.0 Å². The molecule has 1 unspecified atom stereocenters. The zero-order valence-corrected chi connectivity index (χ0v) is 9.77. The number of hydrogen-bond donors (Lipinski definition) is 1. The van der Waals surface area contributed by atoms with E-state index in [2.05, 4.69) is 31.6 Å². The van der Waals surface area contributed by atoms with Gasteiger partial charge in [-0.05, 0) is 16.9 Å². The fourth-order valence-electron chi connectivity index (χ4n) is 2.06. The average Bonchev–Trinajstić information content (AvgIpc) is 2.21. The van der Waals surface area contributed by atoms with E-state index in [1.165, 1.54) is 5.70 Å². The van der Waals surface area contributed by atoms with Crippen LogP contribution in [-0.2, 0) is 0 Å². The third-order valence-electron chi connectivity index (χ3n) is 2.60. The van der Waals surface area contributed by atoms with E-state index in [0.717, 1.165) is 32.4 Å². The van der Waals surface area contributed by atoms with E-state index in [9.17, 15) is 5.11 Å². The first-order valence-electron chi connectivity index (χ1n) is 4.00. The van der Waals surface area contributed by atoms with E-state index in [4.69, 9.17) is 0 Å². The Balaban J connectivity index is 0.000000720. The molecule has 0 spiro atoms. The third-order valence-corrected chi connectivity index (χ3v) is 3.32. The van der Waals surface area contributed by atoms with Crippen LogP contribution in [0.2, 0.25) is 0 Å². The van der Waals surface area contributed by atoms with Crippen LogP contribution in [0.1, 0.15) is 19.3 Å². The molecule has 0 amide bonds. The second kappa shape index (κ2) is 3.72. The smallest absolute Gasteiger partial charge is 0.0876 e. The van der Waals surface area contributed by atoms with Crippen molar-refractivity contribution < 1.29 is 5.11 Å². The molecule has 0 aromatic rings. The zero-order valence-electron chi connectivity index (χ0n) is 6.79. The Bertz CT molecular complexity index is 209. The third kappa shape index (κ3) is 1.72. The van der Waals surface area contributed by atoms with Crippen LogP contribution in [-0.4, -0.2) is 28.7 Å². The minimum Gasteiger partial charge on any atom is -0.388 e. The Hall–Kier alpha value is 0.520. The van der Waals surface area contributed by atoms with Crippen LogP contribution in [0.4, 0.5) is 0 Å². The summed E-state index contributed by atoms with van der Waals surface area (Å²) in [6, 6.07) is 0. The quantitative estimate of drug-likeness (QED) is 0.691. The highest BCUT2D eigenvalue weighted by atomic mass is 127. The highest BCUT2D eigenvalue weighted by molar-refractivity contribution is 14.1. The summed E-state index contributed by atoms with van der Waals surface area (Å²) >= 11 is 2.26. The molecule has 0 aliphatic carbocycles. The van der Waals surface area contributed by atoms with Gasteiger partial charge in [0.25, 0.3) is 0 Å². The van der Waals surface area contributed by atoms with Gasteiger partial charge in [-0.3, -0.25) is 0 Å². The molecule has 12 heavy (non-hydrogen) atoms. The second-order valence-corrected chi connectivity index (χ2v) is 4.15. The van der Waals surface area contributed by atoms with Crippen molar-refractivity contribution in [1.82, 2.24) is 4.90 Å². The summed E-state index contributed by atoms with van der Waals surface area (Å²) in [7, 11) is 0.